The van der Waals surface area contributed by atoms with Gasteiger partial charge in [0.25, 0.3) is 11.5 Å². The third kappa shape index (κ3) is 2.70. The van der Waals surface area contributed by atoms with Gasteiger partial charge < -0.3 is 4.74 Å². The van der Waals surface area contributed by atoms with Gasteiger partial charge in [0.15, 0.2) is 0 Å². The fourth-order valence-electron chi connectivity index (χ4n) is 0.669. The summed E-state index contributed by atoms with van der Waals surface area (Å²) in [6.07, 6.45) is -5.38. The zero-order valence-corrected chi connectivity index (χ0v) is 8.91. The Kier molecular flexibility index (Phi) is 3.74. The first-order valence-electron chi connectivity index (χ1n) is 4.16. The standard InChI is InChI=1S/C9H11F5O2/c1-5(2)6(15)16-7(3,8(4,10)11)9(12,13)14/h1H2,2-4H3. The predicted molar refractivity (Wildman–Crippen MR) is 46.0 cm³/mol. The lowest BCUT2D eigenvalue weighted by molar-refractivity contribution is -0.322. The molecule has 0 rings (SSSR count). The third-order valence-corrected chi connectivity index (χ3v) is 2.02. The molecule has 0 fully saturated rings. The Bertz CT molecular complexity index is 286. The summed E-state index contributed by atoms with van der Waals surface area (Å²) in [4.78, 5) is 10.9. The molecule has 0 aliphatic heterocycles. The molecule has 94 valence electrons. The molecule has 2 nitrogen and oxygen atoms in total. The highest BCUT2D eigenvalue weighted by Gasteiger charge is 2.67. The van der Waals surface area contributed by atoms with E-state index in [1.54, 1.807) is 0 Å². The Morgan fingerprint density at radius 3 is 1.69 bits per heavy atom. The minimum absolute atomic E-state index is 0.0339. The highest BCUT2D eigenvalue weighted by Crippen LogP contribution is 2.44. The Hall–Kier alpha value is -1.14. The van der Waals surface area contributed by atoms with E-state index in [9.17, 15) is 26.7 Å². The van der Waals surface area contributed by atoms with Crippen molar-refractivity contribution in [3.05, 3.63) is 12.2 Å². The highest BCUT2D eigenvalue weighted by atomic mass is 19.4. The Balaban J connectivity index is 5.30. The van der Waals surface area contributed by atoms with Gasteiger partial charge in [-0.25, -0.2) is 13.6 Å². The lowest BCUT2D eigenvalue weighted by atomic mass is 9.98. The van der Waals surface area contributed by atoms with E-state index < -0.39 is 23.7 Å². The van der Waals surface area contributed by atoms with Gasteiger partial charge in [-0.15, -0.1) is 0 Å². The molecular weight excluding hydrogens is 235 g/mol. The van der Waals surface area contributed by atoms with Crippen molar-refractivity contribution in [1.29, 1.82) is 0 Å². The molecule has 0 aliphatic rings. The van der Waals surface area contributed by atoms with Gasteiger partial charge in [-0.2, -0.15) is 13.2 Å². The van der Waals surface area contributed by atoms with Crippen LogP contribution in [0.3, 0.4) is 0 Å². The van der Waals surface area contributed by atoms with Crippen molar-refractivity contribution in [1.82, 2.24) is 0 Å². The normalized spacial score (nSPS) is 16.5. The molecule has 0 bridgehead atoms. The third-order valence-electron chi connectivity index (χ3n) is 2.02. The van der Waals surface area contributed by atoms with Gasteiger partial charge in [-0.05, 0) is 13.8 Å². The minimum Gasteiger partial charge on any atom is -0.440 e. The molecule has 0 aromatic heterocycles. The summed E-state index contributed by atoms with van der Waals surface area (Å²) in [7, 11) is 0. The van der Waals surface area contributed by atoms with Crippen molar-refractivity contribution in [2.24, 2.45) is 0 Å². The van der Waals surface area contributed by atoms with Crippen LogP contribution in [0.25, 0.3) is 0 Å². The summed E-state index contributed by atoms with van der Waals surface area (Å²) in [5.41, 5.74) is -4.25. The summed E-state index contributed by atoms with van der Waals surface area (Å²) in [6, 6.07) is 0. The molecule has 0 heterocycles. The topological polar surface area (TPSA) is 26.3 Å². The van der Waals surface area contributed by atoms with Crippen molar-refractivity contribution < 1.29 is 31.5 Å². The molecule has 0 saturated heterocycles. The molecule has 0 radical (unpaired) electrons. The first-order valence-corrected chi connectivity index (χ1v) is 4.16. The Morgan fingerprint density at radius 1 is 1.12 bits per heavy atom. The number of hydrogen-bond donors (Lipinski definition) is 0. The molecule has 0 aliphatic carbocycles. The largest absolute Gasteiger partial charge is 0.440 e. The smallest absolute Gasteiger partial charge is 0.434 e. The second-order valence-electron chi connectivity index (χ2n) is 3.59. The van der Waals surface area contributed by atoms with E-state index in [1.165, 1.54) is 0 Å². The summed E-state index contributed by atoms with van der Waals surface area (Å²) >= 11 is 0. The predicted octanol–water partition coefficient (Wildman–Crippen LogP) is 3.08. The second kappa shape index (κ2) is 4.03. The number of rotatable bonds is 3. The number of carbonyl (C=O) groups is 1. The van der Waals surface area contributed by atoms with Crippen molar-refractivity contribution >= 4 is 5.97 Å². The minimum atomic E-state index is -5.38. The fraction of sp³-hybridized carbons (Fsp3) is 0.667. The van der Waals surface area contributed by atoms with Crippen molar-refractivity contribution in [3.63, 3.8) is 0 Å². The van der Waals surface area contributed by atoms with Gasteiger partial charge in [0.1, 0.15) is 0 Å². The van der Waals surface area contributed by atoms with E-state index in [1.807, 2.05) is 0 Å². The summed E-state index contributed by atoms with van der Waals surface area (Å²) < 4.78 is 66.9. The first kappa shape index (κ1) is 14.9. The molecular formula is C9H11F5O2. The summed E-state index contributed by atoms with van der Waals surface area (Å²) in [5.74, 6) is -5.77. The molecule has 0 saturated carbocycles. The van der Waals surface area contributed by atoms with Crippen LogP contribution in [0.2, 0.25) is 0 Å². The van der Waals surface area contributed by atoms with Crippen molar-refractivity contribution in [2.45, 2.75) is 38.5 Å². The average Bonchev–Trinajstić information content (AvgIpc) is 1.99. The van der Waals surface area contributed by atoms with Crippen LogP contribution in [0.5, 0.6) is 0 Å². The van der Waals surface area contributed by atoms with E-state index in [0.29, 0.717) is 0 Å². The van der Waals surface area contributed by atoms with Crippen LogP contribution in [0, 0.1) is 0 Å². The van der Waals surface area contributed by atoms with Crippen molar-refractivity contribution in [2.75, 3.05) is 0 Å². The van der Waals surface area contributed by atoms with Crippen molar-refractivity contribution in [3.8, 4) is 0 Å². The van der Waals surface area contributed by atoms with Gasteiger partial charge in [0, 0.05) is 12.5 Å². The Morgan fingerprint density at radius 2 is 1.50 bits per heavy atom. The summed E-state index contributed by atoms with van der Waals surface area (Å²) in [5, 5.41) is 0. The van der Waals surface area contributed by atoms with Gasteiger partial charge >= 0.3 is 12.1 Å². The van der Waals surface area contributed by atoms with Crippen LogP contribution in [0.15, 0.2) is 12.2 Å². The number of ether oxygens (including phenoxy) is 1. The number of halogens is 5. The van der Waals surface area contributed by atoms with Gasteiger partial charge in [0.2, 0.25) is 0 Å². The first-order chi connectivity index (χ1) is 6.83. The van der Waals surface area contributed by atoms with Gasteiger partial charge in [-0.3, -0.25) is 0 Å². The number of carbonyl (C=O) groups excluding carboxylic acids is 1. The molecule has 7 heteroatoms. The zero-order chi connectivity index (χ0) is 13.4. The maximum absolute atomic E-state index is 12.9. The highest BCUT2D eigenvalue weighted by molar-refractivity contribution is 5.87. The molecule has 0 amide bonds. The summed E-state index contributed by atoms with van der Waals surface area (Å²) in [6.45, 7) is 4.23. The molecule has 0 N–H and O–H groups in total. The molecule has 0 aromatic carbocycles. The molecule has 16 heavy (non-hydrogen) atoms. The quantitative estimate of drug-likeness (QED) is 0.434. The van der Waals surface area contributed by atoms with Crippen LogP contribution in [0.1, 0.15) is 20.8 Å². The molecule has 0 spiro atoms. The van der Waals surface area contributed by atoms with E-state index >= 15 is 0 Å². The molecule has 1 atom stereocenters. The van der Waals surface area contributed by atoms with Gasteiger partial charge in [0.05, 0.1) is 0 Å². The zero-order valence-electron chi connectivity index (χ0n) is 8.91. The maximum Gasteiger partial charge on any atom is 0.434 e. The van der Waals surface area contributed by atoms with Gasteiger partial charge in [-0.1, -0.05) is 6.58 Å². The SMILES string of the molecule is C=C(C)C(=O)OC(C)(C(C)(F)F)C(F)(F)F. The Labute approximate surface area is 89.1 Å². The lowest BCUT2D eigenvalue weighted by Gasteiger charge is -2.36. The van der Waals surface area contributed by atoms with Crippen LogP contribution in [0.4, 0.5) is 22.0 Å². The molecule has 1 unspecified atom stereocenters. The number of hydrogen-bond acceptors (Lipinski definition) is 2. The second-order valence-corrected chi connectivity index (χ2v) is 3.59. The monoisotopic (exact) mass is 246 g/mol. The number of esters is 1. The lowest BCUT2D eigenvalue weighted by Crippen LogP contribution is -2.58. The van der Waals surface area contributed by atoms with Crippen LogP contribution in [-0.2, 0) is 9.53 Å². The van der Waals surface area contributed by atoms with E-state index in [0.717, 1.165) is 6.92 Å². The van der Waals surface area contributed by atoms with E-state index in [2.05, 4.69) is 11.3 Å². The van der Waals surface area contributed by atoms with Crippen LogP contribution in [-0.4, -0.2) is 23.7 Å². The maximum atomic E-state index is 12.9. The molecule has 0 aromatic rings. The fourth-order valence-corrected chi connectivity index (χ4v) is 0.669. The average molecular weight is 246 g/mol. The van der Waals surface area contributed by atoms with Crippen LogP contribution < -0.4 is 0 Å². The van der Waals surface area contributed by atoms with E-state index in [-0.39, 0.29) is 19.4 Å². The number of alkyl halides is 5. The van der Waals surface area contributed by atoms with Crippen LogP contribution >= 0.6 is 0 Å². The van der Waals surface area contributed by atoms with E-state index in [4.69, 9.17) is 0 Å².